The van der Waals surface area contributed by atoms with Gasteiger partial charge in [-0.05, 0) is 55.7 Å². The summed E-state index contributed by atoms with van der Waals surface area (Å²) >= 11 is 0. The van der Waals surface area contributed by atoms with Crippen LogP contribution < -0.4 is 9.62 Å². The predicted octanol–water partition coefficient (Wildman–Crippen LogP) is 5.27. The summed E-state index contributed by atoms with van der Waals surface area (Å²) in [6, 6.07) is 31.6. The van der Waals surface area contributed by atoms with Gasteiger partial charge in [0.25, 0.3) is 10.0 Å². The van der Waals surface area contributed by atoms with Gasteiger partial charge in [-0.25, -0.2) is 8.42 Å². The van der Waals surface area contributed by atoms with Gasteiger partial charge < -0.3 is 10.2 Å². The Kier molecular flexibility index (Phi) is 10.1. The van der Waals surface area contributed by atoms with Crippen LogP contribution >= 0.6 is 0 Å². The molecular weight excluding hydrogens is 546 g/mol. The first-order valence-electron chi connectivity index (χ1n) is 14.0. The molecule has 1 atom stereocenters. The number of rotatable bonds is 12. The van der Waals surface area contributed by atoms with Gasteiger partial charge >= 0.3 is 0 Å². The van der Waals surface area contributed by atoms with Crippen LogP contribution in [0.1, 0.15) is 29.2 Å². The molecule has 0 aliphatic rings. The molecule has 0 aliphatic carbocycles. The van der Waals surface area contributed by atoms with Crippen molar-refractivity contribution in [3.63, 3.8) is 0 Å². The molecule has 0 spiro atoms. The highest BCUT2D eigenvalue weighted by atomic mass is 32.2. The minimum absolute atomic E-state index is 0.0794. The maximum Gasteiger partial charge on any atom is 0.264 e. The van der Waals surface area contributed by atoms with Gasteiger partial charge in [0.2, 0.25) is 11.8 Å². The summed E-state index contributed by atoms with van der Waals surface area (Å²) in [5, 5.41) is 2.88. The van der Waals surface area contributed by atoms with Gasteiger partial charge in [0.05, 0.1) is 10.6 Å². The lowest BCUT2D eigenvalue weighted by molar-refractivity contribution is -0.140. The number of nitrogens with zero attached hydrogens (tertiary/aromatic N) is 2. The van der Waals surface area contributed by atoms with E-state index in [4.69, 9.17) is 0 Å². The maximum absolute atomic E-state index is 14.4. The highest BCUT2D eigenvalue weighted by Gasteiger charge is 2.34. The molecule has 0 fully saturated rings. The second-order valence-electron chi connectivity index (χ2n) is 10.2. The number of hydrogen-bond donors (Lipinski definition) is 1. The Hall–Kier alpha value is -4.43. The van der Waals surface area contributed by atoms with Crippen molar-refractivity contribution in [1.82, 2.24) is 10.2 Å². The molecule has 0 saturated carbocycles. The molecule has 218 valence electrons. The summed E-state index contributed by atoms with van der Waals surface area (Å²) in [4.78, 5) is 29.5. The fraction of sp³-hybridized carbons (Fsp3) is 0.235. The van der Waals surface area contributed by atoms with E-state index in [1.807, 2.05) is 87.5 Å². The van der Waals surface area contributed by atoms with E-state index in [1.54, 1.807) is 30.3 Å². The van der Waals surface area contributed by atoms with E-state index in [2.05, 4.69) is 5.32 Å². The molecule has 4 aromatic rings. The Balaban J connectivity index is 1.79. The van der Waals surface area contributed by atoms with E-state index in [1.165, 1.54) is 17.0 Å². The average Bonchev–Trinajstić information content (AvgIpc) is 3.00. The summed E-state index contributed by atoms with van der Waals surface area (Å²) in [5.74, 6) is -0.777. The van der Waals surface area contributed by atoms with Gasteiger partial charge in [0, 0.05) is 19.5 Å². The third kappa shape index (κ3) is 7.44. The molecular formula is C34H37N3O4S. The van der Waals surface area contributed by atoms with Gasteiger partial charge in [0.1, 0.15) is 12.6 Å². The molecule has 0 heterocycles. The van der Waals surface area contributed by atoms with E-state index in [-0.39, 0.29) is 23.8 Å². The van der Waals surface area contributed by atoms with Gasteiger partial charge in [-0.1, -0.05) is 96.6 Å². The number of likely N-dealkylation sites (N-methyl/N-ethyl adjacent to an activating group) is 1. The van der Waals surface area contributed by atoms with Crippen LogP contribution in [0.2, 0.25) is 0 Å². The monoisotopic (exact) mass is 583 g/mol. The Bertz CT molecular complexity index is 1590. The molecule has 2 amide bonds. The van der Waals surface area contributed by atoms with Crippen LogP contribution in [0, 0.1) is 13.8 Å². The first-order chi connectivity index (χ1) is 20.2. The number of benzene rings is 4. The summed E-state index contributed by atoms with van der Waals surface area (Å²) < 4.78 is 29.2. The Morgan fingerprint density at radius 2 is 1.36 bits per heavy atom. The molecule has 0 radical (unpaired) electrons. The zero-order valence-corrected chi connectivity index (χ0v) is 25.1. The van der Waals surface area contributed by atoms with Crippen molar-refractivity contribution in [2.24, 2.45) is 0 Å². The summed E-state index contributed by atoms with van der Waals surface area (Å²) in [5.41, 5.74) is 3.91. The molecule has 4 aromatic carbocycles. The van der Waals surface area contributed by atoms with Crippen LogP contribution in [0.3, 0.4) is 0 Å². The number of amides is 2. The minimum atomic E-state index is -4.11. The van der Waals surface area contributed by atoms with Gasteiger partial charge in [-0.15, -0.1) is 0 Å². The lowest BCUT2D eigenvalue weighted by Crippen LogP contribution is -2.53. The number of para-hydroxylation sites is 1. The molecule has 8 heteroatoms. The van der Waals surface area contributed by atoms with E-state index < -0.39 is 28.5 Å². The van der Waals surface area contributed by atoms with E-state index in [9.17, 15) is 18.0 Å². The summed E-state index contributed by atoms with van der Waals surface area (Å²) in [7, 11) is -4.11. The molecule has 42 heavy (non-hydrogen) atoms. The number of hydrogen-bond acceptors (Lipinski definition) is 4. The highest BCUT2D eigenvalue weighted by molar-refractivity contribution is 7.92. The standard InChI is InChI=1S/C34H37N3O4S/c1-4-35-34(39)32(23-28-14-7-5-8-15-28)36(24-29-21-19-26(2)20-22-29)33(38)25-37(31-18-12-11-13-27(31)3)42(40,41)30-16-9-6-10-17-30/h5-22,32H,4,23-25H2,1-3H3,(H,35,39). The lowest BCUT2D eigenvalue weighted by atomic mass is 10.0. The SMILES string of the molecule is CCNC(=O)C(Cc1ccccc1)N(Cc1ccc(C)cc1)C(=O)CN(c1ccccc1C)S(=O)(=O)c1ccccc1. The highest BCUT2D eigenvalue weighted by Crippen LogP contribution is 2.27. The fourth-order valence-corrected chi connectivity index (χ4v) is 6.31. The zero-order valence-electron chi connectivity index (χ0n) is 24.2. The van der Waals surface area contributed by atoms with Crippen LogP contribution in [0.15, 0.2) is 114 Å². The molecule has 0 bridgehead atoms. The van der Waals surface area contributed by atoms with Crippen LogP contribution in [-0.2, 0) is 32.6 Å². The number of sulfonamides is 1. The first kappa shape index (κ1) is 30.5. The second-order valence-corrected chi connectivity index (χ2v) is 12.1. The number of carbonyl (C=O) groups is 2. The van der Waals surface area contributed by atoms with Crippen molar-refractivity contribution in [3.05, 3.63) is 131 Å². The number of aryl methyl sites for hydroxylation is 2. The Labute approximate surface area is 248 Å². The molecule has 0 saturated heterocycles. The van der Waals surface area contributed by atoms with Crippen molar-refractivity contribution in [2.45, 2.75) is 44.7 Å². The van der Waals surface area contributed by atoms with Crippen molar-refractivity contribution in [1.29, 1.82) is 0 Å². The van der Waals surface area contributed by atoms with Crippen LogP contribution in [0.5, 0.6) is 0 Å². The zero-order chi connectivity index (χ0) is 30.1. The topological polar surface area (TPSA) is 86.8 Å². The number of carbonyl (C=O) groups excluding carboxylic acids is 2. The van der Waals surface area contributed by atoms with Crippen molar-refractivity contribution in [3.8, 4) is 0 Å². The van der Waals surface area contributed by atoms with Crippen molar-refractivity contribution in [2.75, 3.05) is 17.4 Å². The average molecular weight is 584 g/mol. The lowest BCUT2D eigenvalue weighted by Gasteiger charge is -2.34. The molecule has 0 aromatic heterocycles. The fourth-order valence-electron chi connectivity index (χ4n) is 4.81. The Morgan fingerprint density at radius 3 is 1.98 bits per heavy atom. The predicted molar refractivity (Wildman–Crippen MR) is 166 cm³/mol. The normalized spacial score (nSPS) is 11.9. The van der Waals surface area contributed by atoms with Crippen molar-refractivity contribution < 1.29 is 18.0 Å². The molecule has 0 aliphatic heterocycles. The van der Waals surface area contributed by atoms with Crippen LogP contribution in [0.4, 0.5) is 5.69 Å². The van der Waals surface area contributed by atoms with Gasteiger partial charge in [0.15, 0.2) is 0 Å². The summed E-state index contributed by atoms with van der Waals surface area (Å²) in [6.07, 6.45) is 0.278. The molecule has 7 nitrogen and oxygen atoms in total. The summed E-state index contributed by atoms with van der Waals surface area (Å²) in [6.45, 7) is 5.68. The van der Waals surface area contributed by atoms with Crippen LogP contribution in [-0.4, -0.2) is 44.3 Å². The molecule has 4 rings (SSSR count). The smallest absolute Gasteiger partial charge is 0.264 e. The van der Waals surface area contributed by atoms with Gasteiger partial charge in [-0.2, -0.15) is 0 Å². The van der Waals surface area contributed by atoms with E-state index in [0.29, 0.717) is 17.8 Å². The first-order valence-corrected chi connectivity index (χ1v) is 15.4. The number of nitrogens with one attached hydrogen (secondary N) is 1. The maximum atomic E-state index is 14.4. The third-order valence-corrected chi connectivity index (χ3v) is 8.86. The van der Waals surface area contributed by atoms with Crippen LogP contribution in [0.25, 0.3) is 0 Å². The third-order valence-electron chi connectivity index (χ3n) is 7.09. The largest absolute Gasteiger partial charge is 0.355 e. The van der Waals surface area contributed by atoms with E-state index in [0.717, 1.165) is 21.0 Å². The Morgan fingerprint density at radius 1 is 0.762 bits per heavy atom. The molecule has 1 N–H and O–H groups in total. The quantitative estimate of drug-likeness (QED) is 0.246. The van der Waals surface area contributed by atoms with Crippen molar-refractivity contribution >= 4 is 27.5 Å². The molecule has 1 unspecified atom stereocenters. The number of anilines is 1. The van der Waals surface area contributed by atoms with E-state index >= 15 is 0 Å². The second kappa shape index (κ2) is 14.0. The van der Waals surface area contributed by atoms with Gasteiger partial charge in [-0.3, -0.25) is 13.9 Å². The minimum Gasteiger partial charge on any atom is -0.355 e.